The van der Waals surface area contributed by atoms with Crippen molar-refractivity contribution in [2.75, 3.05) is 6.61 Å². The SMILES string of the molecule is CCCOC(=O)[C]=C1SC=CS1. The maximum absolute atomic E-state index is 10.9. The number of rotatable bonds is 3. The van der Waals surface area contributed by atoms with E-state index in [1.165, 1.54) is 23.5 Å². The number of hydrogen-bond donors (Lipinski definition) is 0. The van der Waals surface area contributed by atoms with Gasteiger partial charge in [-0.15, -0.1) is 0 Å². The fourth-order valence-corrected chi connectivity index (χ4v) is 2.11. The minimum Gasteiger partial charge on any atom is -0.462 e. The maximum Gasteiger partial charge on any atom is 0.340 e. The van der Waals surface area contributed by atoms with Crippen LogP contribution in [0.4, 0.5) is 0 Å². The number of esters is 1. The molecule has 65 valence electrons. The van der Waals surface area contributed by atoms with E-state index < -0.39 is 0 Å². The van der Waals surface area contributed by atoms with E-state index in [4.69, 9.17) is 4.74 Å². The summed E-state index contributed by atoms with van der Waals surface area (Å²) in [6.45, 7) is 2.43. The Bertz CT molecular complexity index is 211. The maximum atomic E-state index is 10.9. The van der Waals surface area contributed by atoms with Crippen molar-refractivity contribution in [3.63, 3.8) is 0 Å². The molecule has 0 bridgehead atoms. The molecule has 0 spiro atoms. The molecule has 0 atom stereocenters. The molecule has 0 saturated heterocycles. The van der Waals surface area contributed by atoms with Crippen LogP contribution >= 0.6 is 23.5 Å². The molecule has 1 aliphatic rings. The Balaban J connectivity index is 2.29. The molecule has 1 aliphatic heterocycles. The van der Waals surface area contributed by atoms with Gasteiger partial charge in [-0.2, -0.15) is 0 Å². The zero-order valence-electron chi connectivity index (χ0n) is 6.70. The zero-order valence-corrected chi connectivity index (χ0v) is 8.33. The topological polar surface area (TPSA) is 26.3 Å². The van der Waals surface area contributed by atoms with Gasteiger partial charge >= 0.3 is 5.97 Å². The van der Waals surface area contributed by atoms with Crippen molar-refractivity contribution >= 4 is 29.5 Å². The van der Waals surface area contributed by atoms with E-state index in [1.807, 2.05) is 17.7 Å². The molecule has 1 radical (unpaired) electrons. The molecular weight excluding hydrogens is 192 g/mol. The molecule has 2 nitrogen and oxygen atoms in total. The van der Waals surface area contributed by atoms with E-state index in [9.17, 15) is 4.79 Å². The lowest BCUT2D eigenvalue weighted by Gasteiger charge is -1.97. The lowest BCUT2D eigenvalue weighted by Crippen LogP contribution is -2.01. The number of carbonyl (C=O) groups is 1. The molecule has 0 unspecified atom stereocenters. The Morgan fingerprint density at radius 3 is 2.83 bits per heavy atom. The summed E-state index contributed by atoms with van der Waals surface area (Å²) >= 11 is 2.98. The van der Waals surface area contributed by atoms with Gasteiger partial charge in [0.2, 0.25) is 0 Å². The monoisotopic (exact) mass is 201 g/mol. The normalized spacial score (nSPS) is 14.9. The van der Waals surface area contributed by atoms with Crippen molar-refractivity contribution in [1.29, 1.82) is 0 Å². The van der Waals surface area contributed by atoms with Gasteiger partial charge in [-0.3, -0.25) is 0 Å². The average Bonchev–Trinajstić information content (AvgIpc) is 2.53. The van der Waals surface area contributed by atoms with Crippen molar-refractivity contribution < 1.29 is 9.53 Å². The van der Waals surface area contributed by atoms with Gasteiger partial charge in [-0.05, 0) is 17.2 Å². The Morgan fingerprint density at radius 1 is 1.58 bits per heavy atom. The fraction of sp³-hybridized carbons (Fsp3) is 0.375. The van der Waals surface area contributed by atoms with Crippen LogP contribution in [-0.2, 0) is 9.53 Å². The molecule has 0 aliphatic carbocycles. The van der Waals surface area contributed by atoms with Crippen molar-refractivity contribution in [2.45, 2.75) is 13.3 Å². The Labute approximate surface area is 80.4 Å². The molecule has 0 N–H and O–H groups in total. The summed E-state index contributed by atoms with van der Waals surface area (Å²) < 4.78 is 5.69. The van der Waals surface area contributed by atoms with Crippen LogP contribution in [0.2, 0.25) is 0 Å². The Morgan fingerprint density at radius 2 is 2.25 bits per heavy atom. The first kappa shape index (κ1) is 9.74. The molecule has 1 heterocycles. The van der Waals surface area contributed by atoms with E-state index in [0.717, 1.165) is 10.7 Å². The minimum absolute atomic E-state index is 0.365. The van der Waals surface area contributed by atoms with E-state index in [-0.39, 0.29) is 5.97 Å². The van der Waals surface area contributed by atoms with Crippen LogP contribution in [0.1, 0.15) is 13.3 Å². The highest BCUT2D eigenvalue weighted by molar-refractivity contribution is 8.27. The first-order valence-electron chi connectivity index (χ1n) is 3.62. The quantitative estimate of drug-likeness (QED) is 0.518. The summed E-state index contributed by atoms with van der Waals surface area (Å²) in [6, 6.07) is 0. The Kier molecular flexibility index (Phi) is 4.32. The van der Waals surface area contributed by atoms with E-state index in [2.05, 4.69) is 6.08 Å². The second kappa shape index (κ2) is 5.32. The molecule has 0 saturated carbocycles. The fourth-order valence-electron chi connectivity index (χ4n) is 0.580. The smallest absolute Gasteiger partial charge is 0.340 e. The number of carbonyl (C=O) groups excluding carboxylic acids is 1. The van der Waals surface area contributed by atoms with Crippen molar-refractivity contribution in [3.05, 3.63) is 21.1 Å². The lowest BCUT2D eigenvalue weighted by molar-refractivity contribution is -0.138. The minimum atomic E-state index is -0.365. The molecule has 0 amide bonds. The third-order valence-electron chi connectivity index (χ3n) is 1.05. The predicted molar refractivity (Wildman–Crippen MR) is 52.3 cm³/mol. The van der Waals surface area contributed by atoms with Gasteiger partial charge in [-0.1, -0.05) is 30.4 Å². The van der Waals surface area contributed by atoms with E-state index in [1.54, 1.807) is 0 Å². The van der Waals surface area contributed by atoms with E-state index >= 15 is 0 Å². The van der Waals surface area contributed by atoms with Gasteiger partial charge < -0.3 is 4.74 Å². The average molecular weight is 201 g/mol. The highest BCUT2D eigenvalue weighted by atomic mass is 32.2. The van der Waals surface area contributed by atoms with Crippen LogP contribution in [0, 0.1) is 6.08 Å². The van der Waals surface area contributed by atoms with Gasteiger partial charge in [-0.25, -0.2) is 4.79 Å². The summed E-state index contributed by atoms with van der Waals surface area (Å²) in [6.07, 6.45) is 3.48. The van der Waals surface area contributed by atoms with Gasteiger partial charge in [0.05, 0.1) is 16.9 Å². The molecule has 0 aromatic carbocycles. The summed E-state index contributed by atoms with van der Waals surface area (Å²) in [5.74, 6) is -0.365. The molecule has 4 heteroatoms. The third kappa shape index (κ3) is 3.36. The van der Waals surface area contributed by atoms with Crippen LogP contribution in [-0.4, -0.2) is 12.6 Å². The van der Waals surface area contributed by atoms with Crippen LogP contribution in [0.15, 0.2) is 15.1 Å². The molecular formula is C8H9O2S2. The number of thioether (sulfide) groups is 2. The Hall–Kier alpha value is -0.350. The second-order valence-corrected chi connectivity index (χ2v) is 4.15. The lowest BCUT2D eigenvalue weighted by atomic mass is 10.5. The molecule has 0 aromatic heterocycles. The van der Waals surface area contributed by atoms with Crippen molar-refractivity contribution in [3.8, 4) is 0 Å². The first-order chi connectivity index (χ1) is 5.83. The van der Waals surface area contributed by atoms with Crippen LogP contribution in [0.5, 0.6) is 0 Å². The summed E-state index contributed by atoms with van der Waals surface area (Å²) in [7, 11) is 0. The molecule has 1 rings (SSSR count). The predicted octanol–water partition coefficient (Wildman–Crippen LogP) is 2.54. The van der Waals surface area contributed by atoms with E-state index in [0.29, 0.717) is 6.61 Å². The summed E-state index contributed by atoms with van der Waals surface area (Å²) in [5.41, 5.74) is 0. The summed E-state index contributed by atoms with van der Waals surface area (Å²) in [5, 5.41) is 3.83. The highest BCUT2D eigenvalue weighted by Crippen LogP contribution is 2.36. The standard InChI is InChI=1S/C8H9O2S2/c1-2-3-10-7(9)6-8-11-4-5-12-8/h4-5H,2-3H2,1H3. The molecule has 0 fully saturated rings. The second-order valence-electron chi connectivity index (χ2n) is 2.06. The van der Waals surface area contributed by atoms with Gasteiger partial charge in [0.1, 0.15) is 0 Å². The third-order valence-corrected chi connectivity index (χ3v) is 2.97. The van der Waals surface area contributed by atoms with Crippen molar-refractivity contribution in [1.82, 2.24) is 0 Å². The highest BCUT2D eigenvalue weighted by Gasteiger charge is 2.06. The largest absolute Gasteiger partial charge is 0.462 e. The first-order valence-corrected chi connectivity index (χ1v) is 5.38. The summed E-state index contributed by atoms with van der Waals surface area (Å²) in [4.78, 5) is 10.9. The van der Waals surface area contributed by atoms with Gasteiger partial charge in [0.15, 0.2) is 0 Å². The number of ether oxygens (including phenoxy) is 1. The zero-order chi connectivity index (χ0) is 8.81. The van der Waals surface area contributed by atoms with Crippen LogP contribution in [0.25, 0.3) is 0 Å². The number of hydrogen-bond acceptors (Lipinski definition) is 4. The van der Waals surface area contributed by atoms with Gasteiger partial charge in [0.25, 0.3) is 0 Å². The van der Waals surface area contributed by atoms with Crippen LogP contribution in [0.3, 0.4) is 0 Å². The van der Waals surface area contributed by atoms with Gasteiger partial charge in [0, 0.05) is 0 Å². The molecule has 0 aromatic rings. The van der Waals surface area contributed by atoms with Crippen LogP contribution < -0.4 is 0 Å². The molecule has 12 heavy (non-hydrogen) atoms. The van der Waals surface area contributed by atoms with Crippen molar-refractivity contribution in [2.24, 2.45) is 0 Å².